The number of aromatic nitrogens is 2. The third-order valence-electron chi connectivity index (χ3n) is 4.66. The van der Waals surface area contributed by atoms with Crippen molar-refractivity contribution in [2.75, 3.05) is 51.1 Å². The SMILES string of the molecule is CCNC(=NCCNc1ncccc1C(F)(F)F)N1CCN(Cc2ccon2)CC1.I. The molecular weight excluding hydrogens is 526 g/mol. The zero-order valence-electron chi connectivity index (χ0n) is 17.2. The van der Waals surface area contributed by atoms with Gasteiger partial charge in [-0.1, -0.05) is 5.16 Å². The molecule has 0 radical (unpaired) electrons. The van der Waals surface area contributed by atoms with Gasteiger partial charge in [-0.05, 0) is 19.1 Å². The molecule has 1 aliphatic heterocycles. The van der Waals surface area contributed by atoms with Gasteiger partial charge in [-0.3, -0.25) is 9.89 Å². The van der Waals surface area contributed by atoms with Gasteiger partial charge in [-0.15, -0.1) is 24.0 Å². The number of hydrogen-bond acceptors (Lipinski definition) is 6. The van der Waals surface area contributed by atoms with Gasteiger partial charge >= 0.3 is 6.18 Å². The normalized spacial score (nSPS) is 15.5. The van der Waals surface area contributed by atoms with Gasteiger partial charge < -0.3 is 20.1 Å². The van der Waals surface area contributed by atoms with Crippen LogP contribution in [-0.2, 0) is 12.7 Å². The fourth-order valence-electron chi connectivity index (χ4n) is 3.20. The number of pyridine rings is 1. The van der Waals surface area contributed by atoms with Crippen LogP contribution >= 0.6 is 24.0 Å². The Bertz CT molecular complexity index is 809. The molecule has 0 atom stereocenters. The van der Waals surface area contributed by atoms with Crippen molar-refractivity contribution in [1.82, 2.24) is 25.3 Å². The number of aliphatic imine (C=N–C) groups is 1. The average molecular weight is 553 g/mol. The van der Waals surface area contributed by atoms with Gasteiger partial charge in [0.2, 0.25) is 0 Å². The third kappa shape index (κ3) is 7.52. The van der Waals surface area contributed by atoms with Crippen LogP contribution in [0.15, 0.2) is 40.2 Å². The lowest BCUT2D eigenvalue weighted by molar-refractivity contribution is -0.137. The van der Waals surface area contributed by atoms with Crippen LogP contribution in [-0.4, -0.2) is 71.7 Å². The first-order chi connectivity index (χ1) is 14.5. The summed E-state index contributed by atoms with van der Waals surface area (Å²) >= 11 is 0. The standard InChI is InChI=1S/C19H26F3N7O.HI/c1-2-23-18(29-11-9-28(10-12-29)14-15-5-13-30-27-15)26-8-7-25-17-16(19(20,21)22)4-3-6-24-17;/h3-6,13H,2,7-12,14H2,1H3,(H,23,26)(H,24,25);1H. The highest BCUT2D eigenvalue weighted by Crippen LogP contribution is 2.33. The van der Waals surface area contributed by atoms with E-state index < -0.39 is 11.7 Å². The van der Waals surface area contributed by atoms with E-state index in [1.165, 1.54) is 12.3 Å². The van der Waals surface area contributed by atoms with Crippen molar-refractivity contribution in [1.29, 1.82) is 0 Å². The zero-order chi connectivity index (χ0) is 21.4. The van der Waals surface area contributed by atoms with E-state index in [0.717, 1.165) is 50.4 Å². The second-order valence-electron chi connectivity index (χ2n) is 6.81. The largest absolute Gasteiger partial charge is 0.419 e. The minimum atomic E-state index is -4.44. The second kappa shape index (κ2) is 12.1. The molecule has 0 bridgehead atoms. The summed E-state index contributed by atoms with van der Waals surface area (Å²) in [6, 6.07) is 4.15. The van der Waals surface area contributed by atoms with Crippen molar-refractivity contribution in [3.63, 3.8) is 0 Å². The molecule has 2 aromatic rings. The number of nitrogens with one attached hydrogen (secondary N) is 2. The number of nitrogens with zero attached hydrogens (tertiary/aromatic N) is 5. The van der Waals surface area contributed by atoms with Gasteiger partial charge in [-0.2, -0.15) is 13.2 Å². The third-order valence-corrected chi connectivity index (χ3v) is 4.66. The Morgan fingerprint density at radius 2 is 2.00 bits per heavy atom. The first kappa shape index (κ1) is 25.2. The number of rotatable bonds is 7. The topological polar surface area (TPSA) is 81.8 Å². The summed E-state index contributed by atoms with van der Waals surface area (Å²) < 4.78 is 44.0. The quantitative estimate of drug-likeness (QED) is 0.236. The Labute approximate surface area is 196 Å². The summed E-state index contributed by atoms with van der Waals surface area (Å²) in [6.45, 7) is 7.34. The number of guanidine groups is 1. The van der Waals surface area contributed by atoms with Crippen molar-refractivity contribution in [2.45, 2.75) is 19.6 Å². The van der Waals surface area contributed by atoms with E-state index in [1.54, 1.807) is 6.26 Å². The van der Waals surface area contributed by atoms with Crippen LogP contribution in [0.2, 0.25) is 0 Å². The van der Waals surface area contributed by atoms with E-state index in [4.69, 9.17) is 4.52 Å². The Balaban J connectivity index is 0.00000341. The molecule has 2 N–H and O–H groups in total. The van der Waals surface area contributed by atoms with E-state index in [1.807, 2.05) is 13.0 Å². The molecule has 8 nitrogen and oxygen atoms in total. The lowest BCUT2D eigenvalue weighted by Gasteiger charge is -2.36. The fraction of sp³-hybridized carbons (Fsp3) is 0.526. The monoisotopic (exact) mass is 553 g/mol. The summed E-state index contributed by atoms with van der Waals surface area (Å²) in [5, 5.41) is 9.94. The van der Waals surface area contributed by atoms with Crippen molar-refractivity contribution in [3.8, 4) is 0 Å². The Kier molecular flexibility index (Phi) is 9.81. The predicted octanol–water partition coefficient (Wildman–Crippen LogP) is 2.90. The van der Waals surface area contributed by atoms with E-state index in [9.17, 15) is 13.2 Å². The summed E-state index contributed by atoms with van der Waals surface area (Å²) in [4.78, 5) is 12.8. The maximum Gasteiger partial charge on any atom is 0.419 e. The van der Waals surface area contributed by atoms with Gasteiger partial charge in [-0.25, -0.2) is 4.98 Å². The van der Waals surface area contributed by atoms with E-state index in [-0.39, 0.29) is 36.3 Å². The molecule has 0 aliphatic carbocycles. The first-order valence-electron chi connectivity index (χ1n) is 9.88. The molecule has 1 fully saturated rings. The highest BCUT2D eigenvalue weighted by Gasteiger charge is 2.33. The van der Waals surface area contributed by atoms with Crippen molar-refractivity contribution in [2.24, 2.45) is 4.99 Å². The molecule has 1 saturated heterocycles. The molecule has 12 heteroatoms. The Hall–Kier alpha value is -2.09. The second-order valence-corrected chi connectivity index (χ2v) is 6.81. The first-order valence-corrected chi connectivity index (χ1v) is 9.88. The molecule has 2 aromatic heterocycles. The molecule has 0 unspecified atom stereocenters. The minimum Gasteiger partial charge on any atom is -0.368 e. The summed E-state index contributed by atoms with van der Waals surface area (Å²) in [7, 11) is 0. The Morgan fingerprint density at radius 1 is 1.23 bits per heavy atom. The molecule has 1 aliphatic rings. The van der Waals surface area contributed by atoms with Crippen LogP contribution in [0.25, 0.3) is 0 Å². The smallest absolute Gasteiger partial charge is 0.368 e. The fourth-order valence-corrected chi connectivity index (χ4v) is 3.20. The Morgan fingerprint density at radius 3 is 2.65 bits per heavy atom. The van der Waals surface area contributed by atoms with Crippen LogP contribution in [0.3, 0.4) is 0 Å². The number of hydrogen-bond donors (Lipinski definition) is 2. The van der Waals surface area contributed by atoms with Gasteiger partial charge in [0, 0.05) is 58.1 Å². The van der Waals surface area contributed by atoms with Gasteiger partial charge in [0.1, 0.15) is 12.1 Å². The molecule has 172 valence electrons. The molecule has 0 amide bonds. The molecule has 3 rings (SSSR count). The molecule has 0 spiro atoms. The summed E-state index contributed by atoms with van der Waals surface area (Å²) in [5.74, 6) is 0.587. The average Bonchev–Trinajstić information content (AvgIpc) is 3.24. The van der Waals surface area contributed by atoms with E-state index in [0.29, 0.717) is 13.1 Å². The highest BCUT2D eigenvalue weighted by molar-refractivity contribution is 14.0. The molecule has 3 heterocycles. The van der Waals surface area contributed by atoms with Crippen LogP contribution in [0, 0.1) is 0 Å². The lowest BCUT2D eigenvalue weighted by Crippen LogP contribution is -2.52. The number of halogens is 4. The number of alkyl halides is 3. The van der Waals surface area contributed by atoms with Gasteiger partial charge in [0.25, 0.3) is 0 Å². The maximum atomic E-state index is 13.0. The van der Waals surface area contributed by atoms with Crippen LogP contribution < -0.4 is 10.6 Å². The number of piperazine rings is 1. The van der Waals surface area contributed by atoms with E-state index in [2.05, 4.69) is 35.6 Å². The van der Waals surface area contributed by atoms with Crippen LogP contribution in [0.1, 0.15) is 18.2 Å². The van der Waals surface area contributed by atoms with Crippen molar-refractivity contribution >= 4 is 35.8 Å². The van der Waals surface area contributed by atoms with Crippen LogP contribution in [0.5, 0.6) is 0 Å². The molecule has 0 saturated carbocycles. The van der Waals surface area contributed by atoms with Crippen molar-refractivity contribution < 1.29 is 17.7 Å². The number of anilines is 1. The maximum absolute atomic E-state index is 13.0. The highest BCUT2D eigenvalue weighted by atomic mass is 127. The minimum absolute atomic E-state index is 0. The molecular formula is C19H27F3IN7O. The molecule has 31 heavy (non-hydrogen) atoms. The van der Waals surface area contributed by atoms with Crippen molar-refractivity contribution in [3.05, 3.63) is 41.9 Å². The zero-order valence-corrected chi connectivity index (χ0v) is 19.6. The summed E-state index contributed by atoms with van der Waals surface area (Å²) in [6.07, 6.45) is -1.54. The van der Waals surface area contributed by atoms with Gasteiger partial charge in [0.15, 0.2) is 5.96 Å². The van der Waals surface area contributed by atoms with Gasteiger partial charge in [0.05, 0.1) is 17.8 Å². The van der Waals surface area contributed by atoms with E-state index >= 15 is 0 Å². The lowest BCUT2D eigenvalue weighted by atomic mass is 10.2. The predicted molar refractivity (Wildman–Crippen MR) is 122 cm³/mol. The summed E-state index contributed by atoms with van der Waals surface area (Å²) in [5.41, 5.74) is 0.131. The molecule has 0 aromatic carbocycles. The van der Waals surface area contributed by atoms with Crippen LogP contribution in [0.4, 0.5) is 19.0 Å².